The van der Waals surface area contributed by atoms with Gasteiger partial charge >= 0.3 is 0 Å². The SMILES string of the molecule is CC(C)c1sc(Br)nc1C(=O)NCCc1nccs1. The van der Waals surface area contributed by atoms with Crippen LogP contribution >= 0.6 is 38.6 Å². The van der Waals surface area contributed by atoms with Crippen molar-refractivity contribution >= 4 is 44.5 Å². The largest absolute Gasteiger partial charge is 0.350 e. The predicted octanol–water partition coefficient (Wildman–Crippen LogP) is 3.46. The Hall–Kier alpha value is -0.790. The molecule has 0 unspecified atom stereocenters. The number of carbonyl (C=O) groups excluding carboxylic acids is 1. The fourth-order valence-corrected chi connectivity index (χ4v) is 3.71. The molecule has 2 aromatic rings. The summed E-state index contributed by atoms with van der Waals surface area (Å²) in [5.74, 6) is 0.186. The van der Waals surface area contributed by atoms with Crippen molar-refractivity contribution in [3.05, 3.63) is 31.1 Å². The highest BCUT2D eigenvalue weighted by Crippen LogP contribution is 2.29. The van der Waals surface area contributed by atoms with Gasteiger partial charge in [-0.3, -0.25) is 4.79 Å². The Kier molecular flexibility index (Phi) is 5.06. The standard InChI is InChI=1S/C12H14BrN3OS2/c1-7(2)10-9(16-12(13)19-10)11(17)15-4-3-8-14-5-6-18-8/h5-7H,3-4H2,1-2H3,(H,15,17). The second kappa shape index (κ2) is 6.58. The molecule has 0 atom stereocenters. The van der Waals surface area contributed by atoms with Crippen LogP contribution in [-0.4, -0.2) is 22.4 Å². The monoisotopic (exact) mass is 359 g/mol. The second-order valence-electron chi connectivity index (χ2n) is 4.27. The Bertz CT molecular complexity index is 551. The molecule has 0 aliphatic heterocycles. The summed E-state index contributed by atoms with van der Waals surface area (Å²) in [5, 5.41) is 5.86. The van der Waals surface area contributed by atoms with Crippen LogP contribution in [0, 0.1) is 0 Å². The molecule has 2 heterocycles. The third kappa shape index (κ3) is 3.84. The topological polar surface area (TPSA) is 54.9 Å². The number of rotatable bonds is 5. The van der Waals surface area contributed by atoms with E-state index < -0.39 is 0 Å². The minimum atomic E-state index is -0.109. The zero-order valence-electron chi connectivity index (χ0n) is 10.6. The highest BCUT2D eigenvalue weighted by molar-refractivity contribution is 9.11. The summed E-state index contributed by atoms with van der Waals surface area (Å²) in [7, 11) is 0. The van der Waals surface area contributed by atoms with Gasteiger partial charge in [-0.05, 0) is 21.8 Å². The highest BCUT2D eigenvalue weighted by Gasteiger charge is 2.19. The van der Waals surface area contributed by atoms with Crippen LogP contribution in [0.25, 0.3) is 0 Å². The first-order valence-corrected chi connectivity index (χ1v) is 8.39. The van der Waals surface area contributed by atoms with Crippen molar-refractivity contribution in [3.8, 4) is 0 Å². The Balaban J connectivity index is 1.96. The van der Waals surface area contributed by atoms with Gasteiger partial charge in [-0.2, -0.15) is 0 Å². The average Bonchev–Trinajstić information content (AvgIpc) is 2.98. The van der Waals surface area contributed by atoms with Crippen molar-refractivity contribution in [1.82, 2.24) is 15.3 Å². The van der Waals surface area contributed by atoms with Gasteiger partial charge in [0.15, 0.2) is 3.92 Å². The average molecular weight is 360 g/mol. The Labute approximate surface area is 128 Å². The molecule has 7 heteroatoms. The van der Waals surface area contributed by atoms with Crippen LogP contribution in [0.5, 0.6) is 0 Å². The van der Waals surface area contributed by atoms with Crippen LogP contribution < -0.4 is 5.32 Å². The number of carbonyl (C=O) groups is 1. The van der Waals surface area contributed by atoms with Crippen LogP contribution in [-0.2, 0) is 6.42 Å². The third-order valence-electron chi connectivity index (χ3n) is 2.47. The van der Waals surface area contributed by atoms with E-state index in [9.17, 15) is 4.79 Å². The van der Waals surface area contributed by atoms with Gasteiger partial charge in [0, 0.05) is 29.4 Å². The molecule has 1 N–H and O–H groups in total. The number of aromatic nitrogens is 2. The second-order valence-corrected chi connectivity index (χ2v) is 7.55. The number of hydrogen-bond donors (Lipinski definition) is 1. The normalized spacial score (nSPS) is 10.9. The van der Waals surface area contributed by atoms with Crippen LogP contribution in [0.1, 0.15) is 40.1 Å². The minimum Gasteiger partial charge on any atom is -0.350 e. The van der Waals surface area contributed by atoms with E-state index in [-0.39, 0.29) is 5.91 Å². The fourth-order valence-electron chi connectivity index (χ4n) is 1.60. The van der Waals surface area contributed by atoms with Crippen molar-refractivity contribution in [3.63, 3.8) is 0 Å². The van der Waals surface area contributed by atoms with E-state index in [1.807, 2.05) is 5.38 Å². The fraction of sp³-hybridized carbons (Fsp3) is 0.417. The molecule has 0 bridgehead atoms. The number of amides is 1. The van der Waals surface area contributed by atoms with E-state index in [1.54, 1.807) is 17.5 Å². The molecule has 19 heavy (non-hydrogen) atoms. The third-order valence-corrected chi connectivity index (χ3v) is 5.12. The van der Waals surface area contributed by atoms with Gasteiger partial charge < -0.3 is 5.32 Å². The van der Waals surface area contributed by atoms with Crippen molar-refractivity contribution in [2.75, 3.05) is 6.54 Å². The molecule has 2 rings (SSSR count). The van der Waals surface area contributed by atoms with Gasteiger partial charge in [0.05, 0.1) is 5.01 Å². The Morgan fingerprint density at radius 1 is 1.53 bits per heavy atom. The van der Waals surface area contributed by atoms with Crippen molar-refractivity contribution in [1.29, 1.82) is 0 Å². The van der Waals surface area contributed by atoms with Crippen LogP contribution in [0.4, 0.5) is 0 Å². The zero-order chi connectivity index (χ0) is 13.8. The van der Waals surface area contributed by atoms with Gasteiger partial charge in [0.1, 0.15) is 5.69 Å². The lowest BCUT2D eigenvalue weighted by Crippen LogP contribution is -2.27. The molecular formula is C12H14BrN3OS2. The molecule has 0 fully saturated rings. The van der Waals surface area contributed by atoms with E-state index in [1.165, 1.54) is 11.3 Å². The van der Waals surface area contributed by atoms with Gasteiger partial charge in [-0.1, -0.05) is 13.8 Å². The summed E-state index contributed by atoms with van der Waals surface area (Å²) >= 11 is 6.45. The zero-order valence-corrected chi connectivity index (χ0v) is 13.9. The maximum atomic E-state index is 12.1. The molecule has 0 saturated heterocycles. The molecule has 102 valence electrons. The number of hydrogen-bond acceptors (Lipinski definition) is 5. The molecule has 4 nitrogen and oxygen atoms in total. The highest BCUT2D eigenvalue weighted by atomic mass is 79.9. The smallest absolute Gasteiger partial charge is 0.271 e. The van der Waals surface area contributed by atoms with E-state index in [0.717, 1.165) is 20.2 Å². The molecule has 0 aromatic carbocycles. The van der Waals surface area contributed by atoms with E-state index in [2.05, 4.69) is 45.1 Å². The number of nitrogens with zero attached hydrogens (tertiary/aromatic N) is 2. The molecule has 0 radical (unpaired) electrons. The van der Waals surface area contributed by atoms with Crippen LogP contribution in [0.15, 0.2) is 15.5 Å². The number of thiazole rings is 2. The summed E-state index contributed by atoms with van der Waals surface area (Å²) in [6.07, 6.45) is 2.53. The van der Waals surface area contributed by atoms with Gasteiger partial charge in [0.25, 0.3) is 5.91 Å². The van der Waals surface area contributed by atoms with E-state index >= 15 is 0 Å². The van der Waals surface area contributed by atoms with Crippen LogP contribution in [0.2, 0.25) is 0 Å². The first kappa shape index (κ1) is 14.6. The first-order valence-electron chi connectivity index (χ1n) is 5.90. The summed E-state index contributed by atoms with van der Waals surface area (Å²) in [4.78, 5) is 21.6. The summed E-state index contributed by atoms with van der Waals surface area (Å²) in [6, 6.07) is 0. The van der Waals surface area contributed by atoms with Crippen molar-refractivity contribution < 1.29 is 4.79 Å². The molecule has 0 aliphatic carbocycles. The summed E-state index contributed by atoms with van der Waals surface area (Å²) in [6.45, 7) is 4.71. The maximum absolute atomic E-state index is 12.1. The summed E-state index contributed by atoms with van der Waals surface area (Å²) < 4.78 is 0.751. The Morgan fingerprint density at radius 2 is 2.32 bits per heavy atom. The summed E-state index contributed by atoms with van der Waals surface area (Å²) in [5.41, 5.74) is 0.533. The molecule has 1 amide bonds. The molecule has 0 saturated carbocycles. The number of nitrogens with one attached hydrogen (secondary N) is 1. The lowest BCUT2D eigenvalue weighted by Gasteiger charge is -2.06. The van der Waals surface area contributed by atoms with Gasteiger partial charge in [-0.25, -0.2) is 9.97 Å². The maximum Gasteiger partial charge on any atom is 0.271 e. The molecule has 2 aromatic heterocycles. The van der Waals surface area contributed by atoms with Crippen LogP contribution in [0.3, 0.4) is 0 Å². The van der Waals surface area contributed by atoms with Gasteiger partial charge in [0.2, 0.25) is 0 Å². The lowest BCUT2D eigenvalue weighted by molar-refractivity contribution is 0.0948. The predicted molar refractivity (Wildman–Crippen MR) is 82.1 cm³/mol. The van der Waals surface area contributed by atoms with Gasteiger partial charge in [-0.15, -0.1) is 22.7 Å². The minimum absolute atomic E-state index is 0.109. The van der Waals surface area contributed by atoms with Crippen molar-refractivity contribution in [2.24, 2.45) is 0 Å². The number of halogens is 1. The Morgan fingerprint density at radius 3 is 2.95 bits per heavy atom. The molecule has 0 aliphatic rings. The molecular weight excluding hydrogens is 346 g/mol. The van der Waals surface area contributed by atoms with E-state index in [4.69, 9.17) is 0 Å². The quantitative estimate of drug-likeness (QED) is 0.889. The molecule has 0 spiro atoms. The van der Waals surface area contributed by atoms with Crippen molar-refractivity contribution in [2.45, 2.75) is 26.2 Å². The lowest BCUT2D eigenvalue weighted by atomic mass is 10.1. The van der Waals surface area contributed by atoms with E-state index in [0.29, 0.717) is 18.2 Å². The first-order chi connectivity index (χ1) is 9.08.